The number of hydrogen-bond donors (Lipinski definition) is 2. The SMILES string of the molecule is O=c1[nH]c(NCC2CCCS2(=O)=O)cc2ccccc12. The van der Waals surface area contributed by atoms with E-state index in [9.17, 15) is 13.2 Å². The lowest BCUT2D eigenvalue weighted by atomic mass is 10.2. The summed E-state index contributed by atoms with van der Waals surface area (Å²) in [5, 5.41) is 4.16. The van der Waals surface area contributed by atoms with Crippen molar-refractivity contribution in [2.45, 2.75) is 18.1 Å². The zero-order valence-corrected chi connectivity index (χ0v) is 11.7. The van der Waals surface area contributed by atoms with Crippen LogP contribution in [0, 0.1) is 0 Å². The highest BCUT2D eigenvalue weighted by molar-refractivity contribution is 7.92. The van der Waals surface area contributed by atoms with Gasteiger partial charge < -0.3 is 10.3 Å². The number of aromatic nitrogens is 1. The Morgan fingerprint density at radius 3 is 2.85 bits per heavy atom. The summed E-state index contributed by atoms with van der Waals surface area (Å²) < 4.78 is 23.5. The number of sulfone groups is 1. The third kappa shape index (κ3) is 2.43. The molecule has 1 atom stereocenters. The van der Waals surface area contributed by atoms with Crippen LogP contribution in [0.2, 0.25) is 0 Å². The summed E-state index contributed by atoms with van der Waals surface area (Å²) >= 11 is 0. The van der Waals surface area contributed by atoms with Gasteiger partial charge in [0.05, 0.1) is 11.0 Å². The molecule has 106 valence electrons. The maximum Gasteiger partial charge on any atom is 0.257 e. The average Bonchev–Trinajstić information content (AvgIpc) is 2.75. The summed E-state index contributed by atoms with van der Waals surface area (Å²) in [5.41, 5.74) is -0.167. The monoisotopic (exact) mass is 292 g/mol. The molecule has 5 nitrogen and oxygen atoms in total. The summed E-state index contributed by atoms with van der Waals surface area (Å²) in [4.78, 5) is 14.6. The fourth-order valence-electron chi connectivity index (χ4n) is 2.62. The quantitative estimate of drug-likeness (QED) is 0.899. The van der Waals surface area contributed by atoms with E-state index < -0.39 is 9.84 Å². The number of rotatable bonds is 3. The molecular formula is C14H16N2O3S. The van der Waals surface area contributed by atoms with Gasteiger partial charge in [-0.1, -0.05) is 18.2 Å². The predicted octanol–water partition coefficient (Wildman–Crippen LogP) is 1.52. The molecule has 2 N–H and O–H groups in total. The number of anilines is 1. The van der Waals surface area contributed by atoms with Crippen LogP contribution in [0.4, 0.5) is 5.82 Å². The maximum atomic E-state index is 11.9. The van der Waals surface area contributed by atoms with Crippen molar-refractivity contribution >= 4 is 26.4 Å². The smallest absolute Gasteiger partial charge is 0.257 e. The molecule has 0 bridgehead atoms. The molecule has 0 saturated carbocycles. The molecule has 2 heterocycles. The second-order valence-corrected chi connectivity index (χ2v) is 7.51. The standard InChI is InChI=1S/C14H16N2O3S/c17-14-12-6-2-1-4-10(12)8-13(16-14)15-9-11-5-3-7-20(11,18)19/h1-2,4,6,8,11H,3,5,7,9H2,(H2,15,16,17). The lowest BCUT2D eigenvalue weighted by Crippen LogP contribution is -2.26. The number of H-pyrrole nitrogens is 1. The first-order valence-corrected chi connectivity index (χ1v) is 8.35. The minimum atomic E-state index is -2.96. The molecule has 3 rings (SSSR count). The van der Waals surface area contributed by atoms with E-state index in [2.05, 4.69) is 10.3 Å². The summed E-state index contributed by atoms with van der Waals surface area (Å²) in [6.45, 7) is 0.344. The Labute approximate surface area is 116 Å². The number of fused-ring (bicyclic) bond motifs is 1. The van der Waals surface area contributed by atoms with E-state index >= 15 is 0 Å². The van der Waals surface area contributed by atoms with E-state index in [0.29, 0.717) is 24.2 Å². The molecule has 1 aliphatic rings. The van der Waals surface area contributed by atoms with E-state index in [1.807, 2.05) is 24.3 Å². The normalized spacial score (nSPS) is 21.1. The molecule has 1 aliphatic heterocycles. The Morgan fingerprint density at radius 1 is 1.30 bits per heavy atom. The van der Waals surface area contributed by atoms with Crippen LogP contribution >= 0.6 is 0 Å². The van der Waals surface area contributed by atoms with Crippen LogP contribution in [-0.2, 0) is 9.84 Å². The lowest BCUT2D eigenvalue weighted by Gasteiger charge is -2.12. The Kier molecular flexibility index (Phi) is 3.25. The van der Waals surface area contributed by atoms with Crippen LogP contribution in [0.3, 0.4) is 0 Å². The van der Waals surface area contributed by atoms with Gasteiger partial charge in [-0.25, -0.2) is 8.42 Å². The Morgan fingerprint density at radius 2 is 2.10 bits per heavy atom. The summed E-state index contributed by atoms with van der Waals surface area (Å²) in [6, 6.07) is 9.14. The van der Waals surface area contributed by atoms with E-state index in [-0.39, 0.29) is 16.6 Å². The van der Waals surface area contributed by atoms with Gasteiger partial charge >= 0.3 is 0 Å². The fraction of sp³-hybridized carbons (Fsp3) is 0.357. The topological polar surface area (TPSA) is 79.0 Å². The number of hydrogen-bond acceptors (Lipinski definition) is 4. The fourth-order valence-corrected chi connectivity index (χ4v) is 4.38. The molecule has 0 radical (unpaired) electrons. The molecule has 0 aliphatic carbocycles. The van der Waals surface area contributed by atoms with Crippen LogP contribution in [-0.4, -0.2) is 30.9 Å². The lowest BCUT2D eigenvalue weighted by molar-refractivity contribution is 0.591. The van der Waals surface area contributed by atoms with Gasteiger partial charge in [0.2, 0.25) is 0 Å². The van der Waals surface area contributed by atoms with Gasteiger partial charge in [0.15, 0.2) is 9.84 Å². The van der Waals surface area contributed by atoms with E-state index in [1.54, 1.807) is 6.07 Å². The van der Waals surface area contributed by atoms with Gasteiger partial charge in [0, 0.05) is 11.9 Å². The number of pyridine rings is 1. The zero-order chi connectivity index (χ0) is 14.2. The van der Waals surface area contributed by atoms with Crippen LogP contribution < -0.4 is 10.9 Å². The number of aromatic amines is 1. The largest absolute Gasteiger partial charge is 0.370 e. The van der Waals surface area contributed by atoms with Crippen LogP contribution in [0.25, 0.3) is 10.8 Å². The molecule has 2 aromatic rings. The first-order valence-electron chi connectivity index (χ1n) is 6.64. The van der Waals surface area contributed by atoms with Crippen molar-refractivity contribution in [3.8, 4) is 0 Å². The Balaban J connectivity index is 1.83. The van der Waals surface area contributed by atoms with Crippen molar-refractivity contribution in [1.29, 1.82) is 0 Å². The average molecular weight is 292 g/mol. The Hall–Kier alpha value is -1.82. The van der Waals surface area contributed by atoms with Crippen molar-refractivity contribution in [1.82, 2.24) is 4.98 Å². The number of benzene rings is 1. The molecule has 6 heteroatoms. The van der Waals surface area contributed by atoms with Crippen molar-refractivity contribution in [3.05, 3.63) is 40.7 Å². The highest BCUT2D eigenvalue weighted by atomic mass is 32.2. The van der Waals surface area contributed by atoms with Crippen molar-refractivity contribution in [3.63, 3.8) is 0 Å². The highest BCUT2D eigenvalue weighted by Crippen LogP contribution is 2.20. The molecule has 20 heavy (non-hydrogen) atoms. The molecule has 1 unspecified atom stereocenters. The summed E-state index contributed by atoms with van der Waals surface area (Å²) in [7, 11) is -2.96. The van der Waals surface area contributed by atoms with Crippen molar-refractivity contribution < 1.29 is 8.42 Å². The minimum absolute atomic E-state index is 0.167. The van der Waals surface area contributed by atoms with E-state index in [1.165, 1.54) is 0 Å². The molecule has 0 spiro atoms. The predicted molar refractivity (Wildman–Crippen MR) is 79.9 cm³/mol. The van der Waals surface area contributed by atoms with Gasteiger partial charge in [-0.05, 0) is 30.4 Å². The summed E-state index contributed by atoms with van der Waals surface area (Å²) in [5.74, 6) is 0.837. The molecule has 1 aromatic heterocycles. The molecule has 0 amide bonds. The molecule has 1 aromatic carbocycles. The van der Waals surface area contributed by atoms with Gasteiger partial charge in [0.1, 0.15) is 5.82 Å². The third-order valence-corrected chi connectivity index (χ3v) is 6.01. The maximum absolute atomic E-state index is 11.9. The Bertz CT molecular complexity index is 795. The van der Waals surface area contributed by atoms with Crippen molar-refractivity contribution in [2.24, 2.45) is 0 Å². The zero-order valence-electron chi connectivity index (χ0n) is 10.9. The third-order valence-electron chi connectivity index (χ3n) is 3.74. The van der Waals surface area contributed by atoms with Crippen LogP contribution in [0.1, 0.15) is 12.8 Å². The molecular weight excluding hydrogens is 276 g/mol. The highest BCUT2D eigenvalue weighted by Gasteiger charge is 2.30. The molecule has 1 fully saturated rings. The minimum Gasteiger partial charge on any atom is -0.370 e. The first-order chi connectivity index (χ1) is 9.56. The van der Waals surface area contributed by atoms with Gasteiger partial charge in [-0.15, -0.1) is 0 Å². The molecule has 1 saturated heterocycles. The first kappa shape index (κ1) is 13.2. The van der Waals surface area contributed by atoms with Gasteiger partial charge in [0.25, 0.3) is 5.56 Å². The van der Waals surface area contributed by atoms with Gasteiger partial charge in [-0.2, -0.15) is 0 Å². The van der Waals surface area contributed by atoms with E-state index in [4.69, 9.17) is 0 Å². The van der Waals surface area contributed by atoms with E-state index in [0.717, 1.165) is 11.8 Å². The second-order valence-electron chi connectivity index (χ2n) is 5.11. The van der Waals surface area contributed by atoms with Gasteiger partial charge in [-0.3, -0.25) is 4.79 Å². The summed E-state index contributed by atoms with van der Waals surface area (Å²) in [6.07, 6.45) is 1.41. The van der Waals surface area contributed by atoms with Crippen LogP contribution in [0.15, 0.2) is 35.1 Å². The van der Waals surface area contributed by atoms with Crippen LogP contribution in [0.5, 0.6) is 0 Å². The van der Waals surface area contributed by atoms with Crippen molar-refractivity contribution in [2.75, 3.05) is 17.6 Å². The second kappa shape index (κ2) is 4.94. The number of nitrogens with one attached hydrogen (secondary N) is 2.